The summed E-state index contributed by atoms with van der Waals surface area (Å²) in [4.78, 5) is 0. The molecule has 1 nitrogen and oxygen atoms in total. The lowest BCUT2D eigenvalue weighted by Crippen LogP contribution is -1.90. The molecule has 0 N–H and O–H groups in total. The van der Waals surface area contributed by atoms with Gasteiger partial charge in [-0.3, -0.25) is 0 Å². The number of benzene rings is 2. The zero-order valence-corrected chi connectivity index (χ0v) is 9.60. The van der Waals surface area contributed by atoms with Crippen molar-refractivity contribution in [2.45, 2.75) is 6.42 Å². The fourth-order valence-electron chi connectivity index (χ4n) is 2.17. The molecule has 17 heavy (non-hydrogen) atoms. The third-order valence-corrected chi connectivity index (χ3v) is 2.98. The van der Waals surface area contributed by atoms with E-state index in [-0.39, 0.29) is 0 Å². The van der Waals surface area contributed by atoms with E-state index in [9.17, 15) is 0 Å². The molecule has 1 heteroatoms. The Hall–Kier alpha value is -2.02. The molecular weight excluding hydrogens is 208 g/mol. The van der Waals surface area contributed by atoms with Gasteiger partial charge >= 0.3 is 0 Å². The van der Waals surface area contributed by atoms with Gasteiger partial charge in [0.15, 0.2) is 0 Å². The van der Waals surface area contributed by atoms with Crippen LogP contribution >= 0.6 is 0 Å². The van der Waals surface area contributed by atoms with Crippen molar-refractivity contribution in [3.63, 3.8) is 0 Å². The second-order valence-electron chi connectivity index (χ2n) is 4.12. The molecule has 0 radical (unpaired) electrons. The molecule has 1 heterocycles. The van der Waals surface area contributed by atoms with E-state index in [0.29, 0.717) is 0 Å². The Morgan fingerprint density at radius 1 is 0.765 bits per heavy atom. The molecule has 0 bridgehead atoms. The minimum absolute atomic E-state index is 0.804. The Bertz CT molecular complexity index is 540. The van der Waals surface area contributed by atoms with E-state index in [1.807, 2.05) is 6.07 Å². The fraction of sp³-hybridized carbons (Fsp3) is 0.125. The molecule has 0 atom stereocenters. The van der Waals surface area contributed by atoms with Crippen LogP contribution in [0.15, 0.2) is 60.7 Å². The van der Waals surface area contributed by atoms with Crippen LogP contribution in [0.4, 0.5) is 0 Å². The topological polar surface area (TPSA) is 9.23 Å². The van der Waals surface area contributed by atoms with E-state index in [0.717, 1.165) is 18.8 Å². The summed E-state index contributed by atoms with van der Waals surface area (Å²) in [5, 5.41) is 0. The van der Waals surface area contributed by atoms with Crippen LogP contribution in [0.5, 0.6) is 0 Å². The predicted molar refractivity (Wildman–Crippen MR) is 70.4 cm³/mol. The van der Waals surface area contributed by atoms with Crippen molar-refractivity contribution in [2.75, 3.05) is 6.61 Å². The molecule has 1 aliphatic rings. The molecule has 0 spiro atoms. The second-order valence-corrected chi connectivity index (χ2v) is 4.12. The molecule has 0 aliphatic carbocycles. The lowest BCUT2D eigenvalue weighted by Gasteiger charge is -2.10. The number of rotatable bonds is 2. The summed E-state index contributed by atoms with van der Waals surface area (Å²) >= 11 is 0. The highest BCUT2D eigenvalue weighted by atomic mass is 16.5. The molecule has 0 unspecified atom stereocenters. The summed E-state index contributed by atoms with van der Waals surface area (Å²) in [6.45, 7) is 0.804. The van der Waals surface area contributed by atoms with Gasteiger partial charge < -0.3 is 4.74 Å². The Balaban J connectivity index is 2.11. The summed E-state index contributed by atoms with van der Waals surface area (Å²) in [5.41, 5.74) is 3.66. The smallest absolute Gasteiger partial charge is 0.123 e. The maximum absolute atomic E-state index is 5.66. The summed E-state index contributed by atoms with van der Waals surface area (Å²) in [6, 6.07) is 18.8. The van der Waals surface area contributed by atoms with Gasteiger partial charge in [0, 0.05) is 12.0 Å². The van der Waals surface area contributed by atoms with Crippen LogP contribution in [0.25, 0.3) is 16.9 Å². The first-order chi connectivity index (χ1) is 8.45. The van der Waals surface area contributed by atoms with Crippen LogP contribution in [0.3, 0.4) is 0 Å². The van der Waals surface area contributed by atoms with Crippen molar-refractivity contribution >= 4 is 5.76 Å². The quantitative estimate of drug-likeness (QED) is 0.742. The maximum Gasteiger partial charge on any atom is 0.123 e. The van der Waals surface area contributed by atoms with Crippen LogP contribution in [0, 0.1) is 0 Å². The molecular formula is C16H14O. The second kappa shape index (κ2) is 4.46. The third kappa shape index (κ3) is 1.96. The van der Waals surface area contributed by atoms with Crippen molar-refractivity contribution in [3.8, 4) is 11.1 Å². The molecule has 2 aromatic carbocycles. The fourth-order valence-corrected chi connectivity index (χ4v) is 2.17. The van der Waals surface area contributed by atoms with Gasteiger partial charge in [-0.1, -0.05) is 54.6 Å². The normalized spacial score (nSPS) is 14.2. The van der Waals surface area contributed by atoms with E-state index in [2.05, 4.69) is 54.6 Å². The monoisotopic (exact) mass is 222 g/mol. The first-order valence-corrected chi connectivity index (χ1v) is 5.93. The highest BCUT2D eigenvalue weighted by Gasteiger charge is 2.12. The van der Waals surface area contributed by atoms with E-state index < -0.39 is 0 Å². The molecule has 1 aliphatic heterocycles. The predicted octanol–water partition coefficient (Wildman–Crippen LogP) is 4.11. The van der Waals surface area contributed by atoms with Gasteiger partial charge in [0.1, 0.15) is 5.76 Å². The van der Waals surface area contributed by atoms with Gasteiger partial charge in [-0.05, 0) is 17.2 Å². The van der Waals surface area contributed by atoms with Gasteiger partial charge in [0.25, 0.3) is 0 Å². The average molecular weight is 222 g/mol. The molecule has 0 saturated heterocycles. The first-order valence-electron chi connectivity index (χ1n) is 5.93. The van der Waals surface area contributed by atoms with Crippen molar-refractivity contribution in [2.24, 2.45) is 0 Å². The maximum atomic E-state index is 5.66. The number of hydrogen-bond acceptors (Lipinski definition) is 1. The van der Waals surface area contributed by atoms with Gasteiger partial charge in [-0.15, -0.1) is 0 Å². The molecule has 2 aromatic rings. The van der Waals surface area contributed by atoms with Gasteiger partial charge in [-0.25, -0.2) is 0 Å². The Morgan fingerprint density at radius 3 is 2.18 bits per heavy atom. The first kappa shape index (κ1) is 10.2. The van der Waals surface area contributed by atoms with Crippen LogP contribution in [0.2, 0.25) is 0 Å². The zero-order valence-electron chi connectivity index (χ0n) is 9.60. The molecule has 0 fully saturated rings. The molecule has 0 amide bonds. The lowest BCUT2D eigenvalue weighted by atomic mass is 9.98. The van der Waals surface area contributed by atoms with Crippen LogP contribution < -0.4 is 0 Å². The standard InChI is InChI=1S/C16H14O/c1-2-7-13(8-3-1)14-9-4-5-10-15(14)16-11-6-12-17-16/h1-5,7-11H,6,12H2. The van der Waals surface area contributed by atoms with Crippen LogP contribution in [-0.4, -0.2) is 6.61 Å². The Kier molecular flexibility index (Phi) is 2.66. The molecule has 84 valence electrons. The van der Waals surface area contributed by atoms with Gasteiger partial charge in [0.05, 0.1) is 6.61 Å². The third-order valence-electron chi connectivity index (χ3n) is 2.98. The van der Waals surface area contributed by atoms with E-state index in [4.69, 9.17) is 4.74 Å². The van der Waals surface area contributed by atoms with Crippen molar-refractivity contribution in [3.05, 3.63) is 66.2 Å². The molecule has 0 saturated carbocycles. The lowest BCUT2D eigenvalue weighted by molar-refractivity contribution is 0.307. The SMILES string of the molecule is C1=C(c2ccccc2-c2ccccc2)OCC1. The minimum atomic E-state index is 0.804. The van der Waals surface area contributed by atoms with Crippen molar-refractivity contribution < 1.29 is 4.74 Å². The van der Waals surface area contributed by atoms with E-state index in [1.54, 1.807) is 0 Å². The summed E-state index contributed by atoms with van der Waals surface area (Å²) < 4.78 is 5.66. The van der Waals surface area contributed by atoms with Gasteiger partial charge in [-0.2, -0.15) is 0 Å². The summed E-state index contributed by atoms with van der Waals surface area (Å²) in [6.07, 6.45) is 3.18. The summed E-state index contributed by atoms with van der Waals surface area (Å²) in [7, 11) is 0. The Morgan fingerprint density at radius 2 is 1.47 bits per heavy atom. The number of hydrogen-bond donors (Lipinski definition) is 0. The van der Waals surface area contributed by atoms with Gasteiger partial charge in [0.2, 0.25) is 0 Å². The molecule has 3 rings (SSSR count). The van der Waals surface area contributed by atoms with Crippen LogP contribution in [0.1, 0.15) is 12.0 Å². The zero-order chi connectivity index (χ0) is 11.5. The minimum Gasteiger partial charge on any atom is -0.493 e. The summed E-state index contributed by atoms with van der Waals surface area (Å²) in [5.74, 6) is 1.02. The molecule has 0 aromatic heterocycles. The van der Waals surface area contributed by atoms with E-state index >= 15 is 0 Å². The highest BCUT2D eigenvalue weighted by Crippen LogP contribution is 2.31. The van der Waals surface area contributed by atoms with E-state index in [1.165, 1.54) is 16.7 Å². The average Bonchev–Trinajstić information content (AvgIpc) is 2.94. The van der Waals surface area contributed by atoms with Crippen molar-refractivity contribution in [1.29, 1.82) is 0 Å². The Labute approximate surface area is 101 Å². The largest absolute Gasteiger partial charge is 0.493 e. The highest BCUT2D eigenvalue weighted by molar-refractivity contribution is 5.79. The van der Waals surface area contributed by atoms with Crippen molar-refractivity contribution in [1.82, 2.24) is 0 Å². The number of ether oxygens (including phenoxy) is 1. The van der Waals surface area contributed by atoms with Crippen LogP contribution in [-0.2, 0) is 4.74 Å².